The Labute approximate surface area is 149 Å². The summed E-state index contributed by atoms with van der Waals surface area (Å²) in [5, 5.41) is 9.21. The van der Waals surface area contributed by atoms with Gasteiger partial charge >= 0.3 is 5.97 Å². The molecule has 0 saturated carbocycles. The molecule has 6 nitrogen and oxygen atoms in total. The van der Waals surface area contributed by atoms with Crippen molar-refractivity contribution in [2.24, 2.45) is 0 Å². The summed E-state index contributed by atoms with van der Waals surface area (Å²) in [6, 6.07) is 10.2. The van der Waals surface area contributed by atoms with E-state index in [0.29, 0.717) is 0 Å². The fraction of sp³-hybridized carbons (Fsp3) is 0.333. The van der Waals surface area contributed by atoms with Crippen molar-refractivity contribution in [1.29, 1.82) is 0 Å². The molecule has 2 aromatic rings. The lowest BCUT2D eigenvalue weighted by atomic mass is 10.1. The van der Waals surface area contributed by atoms with Crippen LogP contribution in [0.25, 0.3) is 0 Å². The van der Waals surface area contributed by atoms with Crippen molar-refractivity contribution < 1.29 is 19.1 Å². The van der Waals surface area contributed by atoms with Crippen molar-refractivity contribution in [2.75, 3.05) is 24.6 Å². The predicted octanol–water partition coefficient (Wildman–Crippen LogP) is 2.18. The van der Waals surface area contributed by atoms with Gasteiger partial charge in [0.25, 0.3) is 0 Å². The van der Waals surface area contributed by atoms with Crippen LogP contribution < -0.4 is 5.43 Å². The van der Waals surface area contributed by atoms with Gasteiger partial charge in [0, 0.05) is 30.7 Å². The Balaban J connectivity index is 1.74. The summed E-state index contributed by atoms with van der Waals surface area (Å²) in [6.07, 6.45) is 0.946. The monoisotopic (exact) mass is 361 g/mol. The van der Waals surface area contributed by atoms with Gasteiger partial charge in [-0.15, -0.1) is 0 Å². The van der Waals surface area contributed by atoms with Gasteiger partial charge in [-0.2, -0.15) is 11.8 Å². The van der Waals surface area contributed by atoms with E-state index >= 15 is 0 Å². The second-order valence-corrected chi connectivity index (χ2v) is 6.89. The molecule has 132 valence electrons. The second kappa shape index (κ2) is 8.22. The van der Waals surface area contributed by atoms with Gasteiger partial charge in [0.15, 0.2) is 5.75 Å². The quantitative estimate of drug-likeness (QED) is 0.818. The molecule has 0 radical (unpaired) electrons. The fourth-order valence-electron chi connectivity index (χ4n) is 2.71. The average molecular weight is 361 g/mol. The lowest BCUT2D eigenvalue weighted by Gasteiger charge is -2.33. The first-order chi connectivity index (χ1) is 12.1. The summed E-state index contributed by atoms with van der Waals surface area (Å²) in [5.74, 6) is 1.29. The standard InChI is InChI=1S/C18H19NO5S/c20-15-10-14(23-12-16(15)21)11-24-18(22)17(13-4-2-1-3-5-13)19-6-8-25-9-7-19/h1-5,10,12,17,21H,6-9,11H2. The van der Waals surface area contributed by atoms with Crippen LogP contribution in [0.3, 0.4) is 0 Å². The number of nitrogens with zero attached hydrogens (tertiary/aromatic N) is 1. The number of carbonyl (C=O) groups excluding carboxylic acids is 1. The summed E-state index contributed by atoms with van der Waals surface area (Å²) < 4.78 is 10.5. The molecule has 7 heteroatoms. The van der Waals surface area contributed by atoms with Crippen molar-refractivity contribution in [1.82, 2.24) is 4.90 Å². The van der Waals surface area contributed by atoms with Gasteiger partial charge in [-0.3, -0.25) is 9.69 Å². The van der Waals surface area contributed by atoms with Crippen molar-refractivity contribution in [3.63, 3.8) is 0 Å². The number of thioether (sulfide) groups is 1. The maximum absolute atomic E-state index is 12.7. The molecule has 1 unspecified atom stereocenters. The fourth-order valence-corrected chi connectivity index (χ4v) is 3.64. The van der Waals surface area contributed by atoms with Crippen molar-refractivity contribution in [2.45, 2.75) is 12.6 Å². The van der Waals surface area contributed by atoms with Crippen LogP contribution in [0.1, 0.15) is 17.4 Å². The van der Waals surface area contributed by atoms with Crippen LogP contribution in [0.2, 0.25) is 0 Å². The van der Waals surface area contributed by atoms with Crippen LogP contribution >= 0.6 is 11.8 Å². The highest BCUT2D eigenvalue weighted by Gasteiger charge is 2.30. The molecule has 1 N–H and O–H groups in total. The molecule has 25 heavy (non-hydrogen) atoms. The van der Waals surface area contributed by atoms with Gasteiger partial charge in [-0.1, -0.05) is 30.3 Å². The summed E-state index contributed by atoms with van der Waals surface area (Å²) in [6.45, 7) is 1.47. The Kier molecular flexibility index (Phi) is 5.78. The summed E-state index contributed by atoms with van der Waals surface area (Å²) in [5.41, 5.74) is 0.316. The molecule has 3 rings (SSSR count). The summed E-state index contributed by atoms with van der Waals surface area (Å²) >= 11 is 1.87. The zero-order valence-electron chi connectivity index (χ0n) is 13.6. The van der Waals surface area contributed by atoms with E-state index in [0.717, 1.165) is 42.5 Å². The maximum Gasteiger partial charge on any atom is 0.328 e. The van der Waals surface area contributed by atoms with E-state index < -0.39 is 17.2 Å². The molecular weight excluding hydrogens is 342 g/mol. The van der Waals surface area contributed by atoms with Gasteiger partial charge in [0.2, 0.25) is 5.43 Å². The van der Waals surface area contributed by atoms with Gasteiger partial charge < -0.3 is 14.3 Å². The molecule has 1 aliphatic rings. The van der Waals surface area contributed by atoms with Crippen LogP contribution in [0, 0.1) is 0 Å². The zero-order valence-corrected chi connectivity index (χ0v) is 14.4. The first-order valence-corrected chi connectivity index (χ1v) is 9.14. The Morgan fingerprint density at radius 2 is 2.00 bits per heavy atom. The van der Waals surface area contributed by atoms with Gasteiger partial charge in [0.05, 0.1) is 0 Å². The molecule has 1 saturated heterocycles. The van der Waals surface area contributed by atoms with E-state index in [-0.39, 0.29) is 18.3 Å². The van der Waals surface area contributed by atoms with Crippen molar-refractivity contribution in [3.8, 4) is 5.75 Å². The Bertz CT molecular complexity index is 771. The van der Waals surface area contributed by atoms with E-state index in [9.17, 15) is 14.7 Å². The normalized spacial score (nSPS) is 16.3. The van der Waals surface area contributed by atoms with E-state index in [1.54, 1.807) is 0 Å². The van der Waals surface area contributed by atoms with E-state index in [1.165, 1.54) is 0 Å². The number of carbonyl (C=O) groups is 1. The topological polar surface area (TPSA) is 80.0 Å². The number of hydrogen-bond acceptors (Lipinski definition) is 7. The first-order valence-electron chi connectivity index (χ1n) is 7.99. The largest absolute Gasteiger partial charge is 0.502 e. The van der Waals surface area contributed by atoms with E-state index in [2.05, 4.69) is 4.90 Å². The molecule has 2 heterocycles. The molecular formula is C18H19NO5S. The molecule has 1 aromatic carbocycles. The average Bonchev–Trinajstić information content (AvgIpc) is 2.65. The highest BCUT2D eigenvalue weighted by Crippen LogP contribution is 2.26. The lowest BCUT2D eigenvalue weighted by molar-refractivity contribution is -0.152. The zero-order chi connectivity index (χ0) is 17.6. The maximum atomic E-state index is 12.7. The Hall–Kier alpha value is -2.25. The molecule has 0 spiro atoms. The number of hydrogen-bond donors (Lipinski definition) is 1. The third-order valence-corrected chi connectivity index (χ3v) is 4.92. The van der Waals surface area contributed by atoms with Gasteiger partial charge in [-0.05, 0) is 5.56 Å². The van der Waals surface area contributed by atoms with Gasteiger partial charge in [-0.25, -0.2) is 4.79 Å². The second-order valence-electron chi connectivity index (χ2n) is 5.67. The number of ether oxygens (including phenoxy) is 1. The molecule has 0 amide bonds. The summed E-state index contributed by atoms with van der Waals surface area (Å²) in [4.78, 5) is 26.3. The summed E-state index contributed by atoms with van der Waals surface area (Å²) in [7, 11) is 0. The van der Waals surface area contributed by atoms with Crippen LogP contribution in [-0.4, -0.2) is 40.6 Å². The number of aromatic hydroxyl groups is 1. The third-order valence-electron chi connectivity index (χ3n) is 3.97. The number of rotatable bonds is 5. The molecule has 0 aliphatic carbocycles. The minimum absolute atomic E-state index is 0.153. The predicted molar refractivity (Wildman–Crippen MR) is 94.5 cm³/mol. The van der Waals surface area contributed by atoms with Crippen LogP contribution in [-0.2, 0) is 16.1 Å². The van der Waals surface area contributed by atoms with E-state index in [4.69, 9.17) is 9.15 Å². The highest BCUT2D eigenvalue weighted by molar-refractivity contribution is 7.99. The lowest BCUT2D eigenvalue weighted by Crippen LogP contribution is -2.40. The number of benzene rings is 1. The smallest absolute Gasteiger partial charge is 0.328 e. The molecule has 1 aliphatic heterocycles. The highest BCUT2D eigenvalue weighted by atomic mass is 32.2. The minimum Gasteiger partial charge on any atom is -0.502 e. The van der Waals surface area contributed by atoms with Crippen molar-refractivity contribution >= 4 is 17.7 Å². The first kappa shape index (κ1) is 17.6. The SMILES string of the molecule is O=C(OCc1cc(=O)c(O)co1)C(c1ccccc1)N1CCSCC1. The molecule has 0 bridgehead atoms. The minimum atomic E-state index is -0.565. The van der Waals surface area contributed by atoms with Crippen LogP contribution in [0.5, 0.6) is 5.75 Å². The Morgan fingerprint density at radius 3 is 2.68 bits per heavy atom. The molecule has 1 atom stereocenters. The van der Waals surface area contributed by atoms with E-state index in [1.807, 2.05) is 42.1 Å². The van der Waals surface area contributed by atoms with Crippen molar-refractivity contribution in [3.05, 3.63) is 64.2 Å². The van der Waals surface area contributed by atoms with Crippen LogP contribution in [0.4, 0.5) is 0 Å². The molecule has 1 fully saturated rings. The molecule has 1 aromatic heterocycles. The number of esters is 1. The van der Waals surface area contributed by atoms with Gasteiger partial charge in [0.1, 0.15) is 24.7 Å². The van der Waals surface area contributed by atoms with Crippen LogP contribution in [0.15, 0.2) is 51.9 Å². The Morgan fingerprint density at radius 1 is 1.28 bits per heavy atom. The third kappa shape index (κ3) is 4.43.